The highest BCUT2D eigenvalue weighted by Gasteiger charge is 2.30. The highest BCUT2D eigenvalue weighted by Crippen LogP contribution is 2.19. The summed E-state index contributed by atoms with van der Waals surface area (Å²) in [6.07, 6.45) is 1.35. The van der Waals surface area contributed by atoms with Crippen LogP contribution in [0.2, 0.25) is 0 Å². The van der Waals surface area contributed by atoms with Gasteiger partial charge in [0.05, 0.1) is 11.1 Å². The smallest absolute Gasteiger partial charge is 0.260 e. The predicted molar refractivity (Wildman–Crippen MR) is 75.1 cm³/mol. The van der Waals surface area contributed by atoms with Crippen molar-refractivity contribution in [2.45, 2.75) is 18.9 Å². The van der Waals surface area contributed by atoms with Gasteiger partial charge in [-0.15, -0.1) is 0 Å². The Labute approximate surface area is 118 Å². The summed E-state index contributed by atoms with van der Waals surface area (Å²) < 4.78 is 26.7. The number of nitrogen functional groups attached to an aromatic ring is 1. The van der Waals surface area contributed by atoms with E-state index < -0.39 is 15.4 Å². The molecule has 0 aliphatic rings. The fourth-order valence-corrected chi connectivity index (χ4v) is 2.78. The van der Waals surface area contributed by atoms with E-state index in [1.165, 1.54) is 19.3 Å². The number of rotatable bonds is 6. The zero-order chi connectivity index (χ0) is 15.4. The minimum atomic E-state index is -3.86. The molecule has 20 heavy (non-hydrogen) atoms. The van der Waals surface area contributed by atoms with Crippen molar-refractivity contribution in [1.82, 2.24) is 15.0 Å². The van der Waals surface area contributed by atoms with E-state index in [9.17, 15) is 13.2 Å². The first-order valence-electron chi connectivity index (χ1n) is 5.88. The number of hydrogen-bond donors (Lipinski definition) is 4. The predicted octanol–water partition coefficient (Wildman–Crippen LogP) is -0.582. The third-order valence-electron chi connectivity index (χ3n) is 2.73. The van der Waals surface area contributed by atoms with E-state index in [4.69, 9.17) is 5.84 Å². The van der Waals surface area contributed by atoms with Crippen LogP contribution in [-0.2, 0) is 14.8 Å². The van der Waals surface area contributed by atoms with Gasteiger partial charge in [-0.2, -0.15) is 0 Å². The fourth-order valence-electron chi connectivity index (χ4n) is 1.48. The number of nitrogens with zero attached hydrogens (tertiary/aromatic N) is 1. The van der Waals surface area contributed by atoms with Crippen molar-refractivity contribution in [2.75, 3.05) is 19.0 Å². The van der Waals surface area contributed by atoms with Crippen molar-refractivity contribution < 1.29 is 13.2 Å². The molecule has 1 aromatic heterocycles. The van der Waals surface area contributed by atoms with E-state index in [0.29, 0.717) is 0 Å². The standard InChI is InChI=1S/C11H19N5O3S/c1-11(2,10(17)13-3)7-15-20(18,19)9-8(16-12)5-4-6-14-9/h4-6,15-16H,7,12H2,1-3H3,(H,13,17). The maximum absolute atomic E-state index is 12.2. The lowest BCUT2D eigenvalue weighted by molar-refractivity contribution is -0.128. The second-order valence-corrected chi connectivity index (χ2v) is 6.47. The Balaban J connectivity index is 2.94. The number of nitrogens with one attached hydrogen (secondary N) is 3. The lowest BCUT2D eigenvalue weighted by Gasteiger charge is -2.22. The number of hydrazine groups is 1. The Morgan fingerprint density at radius 1 is 1.45 bits per heavy atom. The van der Waals surface area contributed by atoms with Gasteiger partial charge in [0.1, 0.15) is 0 Å². The third kappa shape index (κ3) is 3.65. The molecule has 5 N–H and O–H groups in total. The van der Waals surface area contributed by atoms with E-state index in [1.54, 1.807) is 19.9 Å². The van der Waals surface area contributed by atoms with Crippen molar-refractivity contribution in [3.8, 4) is 0 Å². The van der Waals surface area contributed by atoms with Crippen LogP contribution in [0.5, 0.6) is 0 Å². The van der Waals surface area contributed by atoms with Gasteiger partial charge < -0.3 is 10.7 Å². The molecule has 0 aliphatic heterocycles. The summed E-state index contributed by atoms with van der Waals surface area (Å²) in [4.78, 5) is 15.4. The highest BCUT2D eigenvalue weighted by molar-refractivity contribution is 7.89. The van der Waals surface area contributed by atoms with Crippen LogP contribution in [0.3, 0.4) is 0 Å². The summed E-state index contributed by atoms with van der Waals surface area (Å²) in [7, 11) is -2.37. The summed E-state index contributed by atoms with van der Waals surface area (Å²) in [6.45, 7) is 3.21. The molecule has 0 bridgehead atoms. The number of carbonyl (C=O) groups excluding carboxylic acids is 1. The van der Waals surface area contributed by atoms with Crippen LogP contribution in [0.1, 0.15) is 13.8 Å². The second kappa shape index (κ2) is 6.16. The molecule has 1 amide bonds. The maximum atomic E-state index is 12.2. The highest BCUT2D eigenvalue weighted by atomic mass is 32.2. The minimum absolute atomic E-state index is 0.0599. The van der Waals surface area contributed by atoms with E-state index in [1.807, 2.05) is 0 Å². The number of pyridine rings is 1. The maximum Gasteiger partial charge on any atom is 0.260 e. The van der Waals surface area contributed by atoms with Gasteiger partial charge in [-0.25, -0.2) is 18.1 Å². The van der Waals surface area contributed by atoms with Gasteiger partial charge in [-0.05, 0) is 26.0 Å². The molecule has 0 saturated carbocycles. The van der Waals surface area contributed by atoms with Crippen molar-refractivity contribution in [3.63, 3.8) is 0 Å². The van der Waals surface area contributed by atoms with Crippen molar-refractivity contribution in [3.05, 3.63) is 18.3 Å². The van der Waals surface area contributed by atoms with Gasteiger partial charge in [0.2, 0.25) is 5.91 Å². The molecular formula is C11H19N5O3S. The van der Waals surface area contributed by atoms with Crippen molar-refractivity contribution in [1.29, 1.82) is 0 Å². The minimum Gasteiger partial charge on any atom is -0.359 e. The van der Waals surface area contributed by atoms with Crippen LogP contribution >= 0.6 is 0 Å². The molecule has 0 aliphatic carbocycles. The van der Waals surface area contributed by atoms with E-state index in [2.05, 4.69) is 20.4 Å². The van der Waals surface area contributed by atoms with Crippen LogP contribution in [0.15, 0.2) is 23.4 Å². The Kier molecular flexibility index (Phi) is 5.03. The first-order chi connectivity index (χ1) is 9.24. The van der Waals surface area contributed by atoms with Crippen molar-refractivity contribution in [2.24, 2.45) is 11.3 Å². The molecule has 1 rings (SSSR count). The Morgan fingerprint density at radius 2 is 2.10 bits per heavy atom. The summed E-state index contributed by atoms with van der Waals surface area (Å²) in [5.74, 6) is 4.99. The van der Waals surface area contributed by atoms with E-state index >= 15 is 0 Å². The monoisotopic (exact) mass is 301 g/mol. The quantitative estimate of drug-likeness (QED) is 0.411. The zero-order valence-electron chi connectivity index (χ0n) is 11.6. The molecule has 1 heterocycles. The number of amides is 1. The fraction of sp³-hybridized carbons (Fsp3) is 0.455. The molecule has 0 radical (unpaired) electrons. The van der Waals surface area contributed by atoms with Crippen LogP contribution in [0.25, 0.3) is 0 Å². The molecule has 0 unspecified atom stereocenters. The number of carbonyl (C=O) groups is 1. The SMILES string of the molecule is CNC(=O)C(C)(C)CNS(=O)(=O)c1ncccc1NN. The molecule has 112 valence electrons. The van der Waals surface area contributed by atoms with Gasteiger partial charge >= 0.3 is 0 Å². The lowest BCUT2D eigenvalue weighted by Crippen LogP contribution is -2.43. The number of nitrogens with two attached hydrogens (primary N) is 1. The molecular weight excluding hydrogens is 282 g/mol. The first kappa shape index (κ1) is 16.3. The summed E-state index contributed by atoms with van der Waals surface area (Å²) in [6, 6.07) is 3.05. The first-order valence-corrected chi connectivity index (χ1v) is 7.36. The summed E-state index contributed by atoms with van der Waals surface area (Å²) >= 11 is 0. The van der Waals surface area contributed by atoms with Crippen LogP contribution in [0, 0.1) is 5.41 Å². The zero-order valence-corrected chi connectivity index (χ0v) is 12.4. The summed E-state index contributed by atoms with van der Waals surface area (Å²) in [5, 5.41) is 2.27. The van der Waals surface area contributed by atoms with Gasteiger partial charge in [0, 0.05) is 19.8 Å². The lowest BCUT2D eigenvalue weighted by atomic mass is 9.93. The summed E-state index contributed by atoms with van der Waals surface area (Å²) in [5.41, 5.74) is 1.57. The van der Waals surface area contributed by atoms with Crippen LogP contribution in [-0.4, -0.2) is 32.9 Å². The van der Waals surface area contributed by atoms with Gasteiger partial charge in [-0.3, -0.25) is 10.6 Å². The molecule has 0 saturated heterocycles. The van der Waals surface area contributed by atoms with Gasteiger partial charge in [0.15, 0.2) is 5.03 Å². The van der Waals surface area contributed by atoms with E-state index in [0.717, 1.165) is 0 Å². The Hall–Kier alpha value is -1.71. The number of anilines is 1. The molecule has 1 aromatic rings. The average Bonchev–Trinajstić information content (AvgIpc) is 2.44. The van der Waals surface area contributed by atoms with Gasteiger partial charge in [-0.1, -0.05) is 0 Å². The van der Waals surface area contributed by atoms with Crippen molar-refractivity contribution >= 4 is 21.6 Å². The molecule has 8 nitrogen and oxygen atoms in total. The van der Waals surface area contributed by atoms with E-state index in [-0.39, 0.29) is 23.2 Å². The number of sulfonamides is 1. The van der Waals surface area contributed by atoms with Gasteiger partial charge in [0.25, 0.3) is 10.0 Å². The molecule has 0 atom stereocenters. The Bertz CT molecular complexity index is 585. The molecule has 0 aromatic carbocycles. The molecule has 0 fully saturated rings. The number of aromatic nitrogens is 1. The average molecular weight is 301 g/mol. The molecule has 0 spiro atoms. The largest absolute Gasteiger partial charge is 0.359 e. The van der Waals surface area contributed by atoms with Crippen LogP contribution in [0.4, 0.5) is 5.69 Å². The molecule has 9 heteroatoms. The number of hydrogen-bond acceptors (Lipinski definition) is 6. The topological polar surface area (TPSA) is 126 Å². The second-order valence-electron chi connectivity index (χ2n) is 4.79. The Morgan fingerprint density at radius 3 is 2.65 bits per heavy atom. The normalized spacial score (nSPS) is 12.0. The van der Waals surface area contributed by atoms with Crippen LogP contribution < -0.4 is 21.3 Å². The third-order valence-corrected chi connectivity index (χ3v) is 4.09.